The molecular weight excluding hydrogens is 777 g/mol. The van der Waals surface area contributed by atoms with Crippen LogP contribution < -0.4 is 19.8 Å². The van der Waals surface area contributed by atoms with Crippen LogP contribution in [0, 0.1) is 23.7 Å². The highest BCUT2D eigenvalue weighted by atomic mass is 35.5. The number of carboxylic acids is 1. The number of fused-ring (bicyclic) bond motifs is 4. The van der Waals surface area contributed by atoms with E-state index >= 15 is 9.59 Å². The quantitative estimate of drug-likeness (QED) is 0.109. The summed E-state index contributed by atoms with van der Waals surface area (Å²) in [7, 11) is 1.51. The van der Waals surface area contributed by atoms with Gasteiger partial charge < -0.3 is 24.8 Å². The van der Waals surface area contributed by atoms with Crippen LogP contribution in [0.3, 0.4) is 0 Å². The maximum absolute atomic E-state index is 15.5. The van der Waals surface area contributed by atoms with Gasteiger partial charge in [-0.05, 0) is 72.9 Å². The summed E-state index contributed by atoms with van der Waals surface area (Å²) in [4.78, 5) is 71.9. The lowest BCUT2D eigenvalue weighted by atomic mass is 9.49. The van der Waals surface area contributed by atoms with Crippen molar-refractivity contribution >= 4 is 64.2 Å². The highest BCUT2D eigenvalue weighted by Gasteiger charge is 2.70. The molecule has 2 heterocycles. The molecule has 0 spiro atoms. The fraction of sp³-hybridized carbons (Fsp3) is 0.262. The molecule has 8 rings (SSSR count). The number of anilines is 2. The number of phenols is 1. The summed E-state index contributed by atoms with van der Waals surface area (Å²) in [6.07, 6.45) is 1.98. The van der Waals surface area contributed by atoms with Crippen LogP contribution in [0.15, 0.2) is 96.6 Å². The number of amides is 4. The van der Waals surface area contributed by atoms with Crippen molar-refractivity contribution in [1.29, 1.82) is 0 Å². The molecule has 0 radical (unpaired) electrons. The number of halogens is 2. The van der Waals surface area contributed by atoms with Gasteiger partial charge >= 0.3 is 5.97 Å². The topological polar surface area (TPSA) is 183 Å². The average molecular weight is 813 g/mol. The maximum Gasteiger partial charge on any atom is 0.339 e. The molecule has 6 unspecified atom stereocenters. The number of carboxylic acid groups (broad SMARTS) is 1. The second-order valence-corrected chi connectivity index (χ2v) is 15.2. The number of nitrogens with one attached hydrogen (secondary N) is 1. The molecule has 2 saturated heterocycles. The molecule has 6 atom stereocenters. The summed E-state index contributed by atoms with van der Waals surface area (Å²) in [6, 6.07) is 22.0. The lowest BCUT2D eigenvalue weighted by Gasteiger charge is -2.50. The van der Waals surface area contributed by atoms with Crippen molar-refractivity contribution in [2.24, 2.45) is 23.7 Å². The first-order chi connectivity index (χ1) is 27.4. The number of para-hydroxylation sites is 1. The Labute approximate surface area is 336 Å². The van der Waals surface area contributed by atoms with Crippen LogP contribution in [0.1, 0.15) is 40.2 Å². The minimum absolute atomic E-state index is 0.00785. The van der Waals surface area contributed by atoms with Crippen LogP contribution >= 0.6 is 23.2 Å². The third kappa shape index (κ3) is 5.91. The molecule has 3 fully saturated rings. The van der Waals surface area contributed by atoms with Gasteiger partial charge in [-0.1, -0.05) is 65.2 Å². The Morgan fingerprint density at radius 2 is 1.68 bits per heavy atom. The predicted octanol–water partition coefficient (Wildman–Crippen LogP) is 5.97. The van der Waals surface area contributed by atoms with Gasteiger partial charge in [0.25, 0.3) is 11.8 Å². The largest absolute Gasteiger partial charge is 0.507 e. The van der Waals surface area contributed by atoms with E-state index in [1.807, 2.05) is 6.08 Å². The number of nitrogens with zero attached hydrogens (tertiary/aromatic N) is 2. The molecule has 4 aliphatic rings. The average Bonchev–Trinajstić information content (AvgIpc) is 3.58. The smallest absolute Gasteiger partial charge is 0.339 e. The Balaban J connectivity index is 1.32. The molecule has 292 valence electrons. The van der Waals surface area contributed by atoms with E-state index in [1.54, 1.807) is 60.7 Å². The van der Waals surface area contributed by atoms with Crippen LogP contribution in [0.5, 0.6) is 17.2 Å². The molecule has 0 aromatic heterocycles. The summed E-state index contributed by atoms with van der Waals surface area (Å²) in [5.41, 5.74) is 2.85. The maximum atomic E-state index is 15.5. The number of ether oxygens (including phenoxy) is 2. The zero-order chi connectivity index (χ0) is 40.3. The van der Waals surface area contributed by atoms with Gasteiger partial charge in [-0.3, -0.25) is 24.6 Å². The minimum Gasteiger partial charge on any atom is -0.507 e. The second-order valence-electron chi connectivity index (χ2n) is 14.3. The number of aromatic carboxylic acids is 1. The van der Waals surface area contributed by atoms with Crippen molar-refractivity contribution in [2.45, 2.75) is 24.2 Å². The Kier molecular flexibility index (Phi) is 9.71. The first-order valence-corrected chi connectivity index (χ1v) is 18.9. The molecule has 4 aromatic carbocycles. The monoisotopic (exact) mass is 811 g/mol. The Bertz CT molecular complexity index is 2390. The van der Waals surface area contributed by atoms with Gasteiger partial charge in [0.1, 0.15) is 29.4 Å². The third-order valence-corrected chi connectivity index (χ3v) is 12.2. The number of aromatic hydroxyl groups is 1. The number of rotatable bonds is 10. The van der Waals surface area contributed by atoms with Crippen LogP contribution in [-0.4, -0.2) is 70.3 Å². The van der Waals surface area contributed by atoms with E-state index < -0.39 is 75.9 Å². The number of allylic oxidation sites excluding steroid dienone is 2. The number of hydrazine groups is 1. The number of aliphatic hydroxyl groups is 1. The van der Waals surface area contributed by atoms with Crippen molar-refractivity contribution in [1.82, 2.24) is 5.01 Å². The van der Waals surface area contributed by atoms with Gasteiger partial charge in [-0.15, -0.1) is 0 Å². The van der Waals surface area contributed by atoms with E-state index in [4.69, 9.17) is 32.7 Å². The molecule has 13 nitrogen and oxygen atoms in total. The molecule has 2 aliphatic heterocycles. The SMILES string of the molecule is COc1ccc(C23C(=O)N(Nc4ccc(Cl)cc4Cl)C(=O)C2CC2C(=CCC4C(=O)N(c5ccc(C(=O)O)c(O)c5)C(=O)C42)C3c2ccccc2OCCO)cc1. The number of imide groups is 2. The highest BCUT2D eigenvalue weighted by Crippen LogP contribution is 2.65. The van der Waals surface area contributed by atoms with Crippen LogP contribution in [0.2, 0.25) is 10.0 Å². The predicted molar refractivity (Wildman–Crippen MR) is 207 cm³/mol. The number of benzene rings is 4. The van der Waals surface area contributed by atoms with Gasteiger partial charge in [0.15, 0.2) is 0 Å². The molecule has 2 aliphatic carbocycles. The van der Waals surface area contributed by atoms with Crippen molar-refractivity contribution < 1.29 is 48.8 Å². The molecule has 57 heavy (non-hydrogen) atoms. The molecule has 4 N–H and O–H groups in total. The second kappa shape index (κ2) is 14.6. The van der Waals surface area contributed by atoms with E-state index in [9.17, 15) is 29.7 Å². The Morgan fingerprint density at radius 3 is 2.37 bits per heavy atom. The normalized spacial score (nSPS) is 25.1. The van der Waals surface area contributed by atoms with Gasteiger partial charge in [0.2, 0.25) is 11.8 Å². The standard InChI is InChI=1S/C42H35Cl2N3O10/c1-56-24-10-6-21(7-11-24)42-30(38(51)47(41(42)55)45-32-15-8-22(43)18-31(32)44)20-29-25(36(42)27-4-2-3-5-34(27)57-17-16-48)13-14-28-35(29)39(52)46(37(28)50)23-9-12-26(40(53)54)33(49)19-23/h2-13,15,18-19,28-30,35-36,45,48-49H,14,16-17,20H2,1H3,(H,53,54). The molecule has 15 heteroatoms. The minimum atomic E-state index is -1.65. The van der Waals surface area contributed by atoms with Crippen LogP contribution in [-0.2, 0) is 24.6 Å². The number of carbonyl (C=O) groups is 5. The number of methoxy groups -OCH3 is 1. The Hall–Kier alpha value is -5.89. The fourth-order valence-electron chi connectivity index (χ4n) is 9.29. The highest BCUT2D eigenvalue weighted by molar-refractivity contribution is 6.36. The number of hydrogen-bond acceptors (Lipinski definition) is 10. The molecule has 4 aromatic rings. The van der Waals surface area contributed by atoms with E-state index in [2.05, 4.69) is 5.43 Å². The summed E-state index contributed by atoms with van der Waals surface area (Å²) in [6.45, 7) is -0.367. The van der Waals surface area contributed by atoms with Crippen molar-refractivity contribution in [2.75, 3.05) is 30.6 Å². The van der Waals surface area contributed by atoms with E-state index in [1.165, 1.54) is 19.2 Å². The molecular formula is C42H35Cl2N3O10. The molecule has 0 bridgehead atoms. The summed E-state index contributed by atoms with van der Waals surface area (Å²) >= 11 is 12.7. The Morgan fingerprint density at radius 1 is 0.930 bits per heavy atom. The lowest BCUT2D eigenvalue weighted by Crippen LogP contribution is -2.53. The van der Waals surface area contributed by atoms with E-state index in [-0.39, 0.29) is 42.5 Å². The zero-order valence-corrected chi connectivity index (χ0v) is 31.7. The molecule has 4 amide bonds. The summed E-state index contributed by atoms with van der Waals surface area (Å²) in [5.74, 6) is -8.04. The summed E-state index contributed by atoms with van der Waals surface area (Å²) < 4.78 is 11.6. The lowest BCUT2D eigenvalue weighted by molar-refractivity contribution is -0.138. The first-order valence-electron chi connectivity index (χ1n) is 18.1. The van der Waals surface area contributed by atoms with Crippen molar-refractivity contribution in [3.05, 3.63) is 123 Å². The van der Waals surface area contributed by atoms with Gasteiger partial charge in [-0.25, -0.2) is 9.69 Å². The van der Waals surface area contributed by atoms with E-state index in [0.29, 0.717) is 33.2 Å². The van der Waals surface area contributed by atoms with Crippen LogP contribution in [0.25, 0.3) is 0 Å². The first kappa shape index (κ1) is 38.0. The number of aliphatic hydroxyl groups excluding tert-OH is 1. The number of carbonyl (C=O) groups excluding carboxylic acids is 4. The fourth-order valence-corrected chi connectivity index (χ4v) is 9.74. The zero-order valence-electron chi connectivity index (χ0n) is 30.2. The van der Waals surface area contributed by atoms with Crippen molar-refractivity contribution in [3.8, 4) is 17.2 Å². The molecule has 1 saturated carbocycles. The van der Waals surface area contributed by atoms with Gasteiger partial charge in [-0.2, -0.15) is 5.01 Å². The van der Waals surface area contributed by atoms with Gasteiger partial charge in [0, 0.05) is 22.6 Å². The van der Waals surface area contributed by atoms with Crippen molar-refractivity contribution in [3.63, 3.8) is 0 Å². The van der Waals surface area contributed by atoms with E-state index in [0.717, 1.165) is 22.0 Å². The summed E-state index contributed by atoms with van der Waals surface area (Å²) in [5, 5.41) is 31.2. The number of hydrogen-bond donors (Lipinski definition) is 4. The van der Waals surface area contributed by atoms with Gasteiger partial charge in [0.05, 0.1) is 53.3 Å². The van der Waals surface area contributed by atoms with Crippen LogP contribution in [0.4, 0.5) is 11.4 Å². The third-order valence-electron chi connectivity index (χ3n) is 11.6.